The van der Waals surface area contributed by atoms with Crippen LogP contribution in [-0.2, 0) is 6.18 Å². The molecule has 0 spiro atoms. The van der Waals surface area contributed by atoms with Crippen LogP contribution in [0.3, 0.4) is 0 Å². The second-order valence-electron chi connectivity index (χ2n) is 6.52. The number of halogens is 4. The Kier molecular flexibility index (Phi) is 5.13. The molecule has 1 saturated heterocycles. The van der Waals surface area contributed by atoms with E-state index in [1.54, 1.807) is 6.92 Å². The van der Waals surface area contributed by atoms with Gasteiger partial charge in [-0.15, -0.1) is 0 Å². The fourth-order valence-electron chi connectivity index (χ4n) is 3.15. The predicted octanol–water partition coefficient (Wildman–Crippen LogP) is 4.16. The summed E-state index contributed by atoms with van der Waals surface area (Å²) in [6.45, 7) is 4.70. The van der Waals surface area contributed by atoms with E-state index in [9.17, 15) is 17.6 Å². The van der Waals surface area contributed by atoms with E-state index >= 15 is 0 Å². The van der Waals surface area contributed by atoms with Gasteiger partial charge in [-0.25, -0.2) is 14.4 Å². The Labute approximate surface area is 149 Å². The lowest BCUT2D eigenvalue weighted by molar-refractivity contribution is -0.137. The van der Waals surface area contributed by atoms with Gasteiger partial charge in [0.25, 0.3) is 0 Å². The summed E-state index contributed by atoms with van der Waals surface area (Å²) in [5, 5.41) is 6.61. The van der Waals surface area contributed by atoms with E-state index in [4.69, 9.17) is 0 Å². The summed E-state index contributed by atoms with van der Waals surface area (Å²) >= 11 is 0. The van der Waals surface area contributed by atoms with Gasteiger partial charge in [0, 0.05) is 29.4 Å². The van der Waals surface area contributed by atoms with E-state index < -0.39 is 17.6 Å². The molecule has 2 atom stereocenters. The Hall–Kier alpha value is -2.22. The Bertz CT molecular complexity index is 785. The topological polar surface area (TPSA) is 49.8 Å². The third-order valence-corrected chi connectivity index (χ3v) is 4.62. The number of hydrogen-bond acceptors (Lipinski definition) is 4. The summed E-state index contributed by atoms with van der Waals surface area (Å²) in [7, 11) is 0. The van der Waals surface area contributed by atoms with E-state index in [0.717, 1.165) is 31.5 Å². The number of aryl methyl sites for hydroxylation is 1. The van der Waals surface area contributed by atoms with Crippen molar-refractivity contribution >= 4 is 5.95 Å². The molecule has 1 fully saturated rings. The van der Waals surface area contributed by atoms with Crippen LogP contribution in [-0.4, -0.2) is 28.6 Å². The van der Waals surface area contributed by atoms with Crippen molar-refractivity contribution in [2.45, 2.75) is 44.9 Å². The molecule has 1 aromatic carbocycles. The highest BCUT2D eigenvalue weighted by Crippen LogP contribution is 2.33. The molecule has 2 aromatic rings. The standard InChI is InChI=1S/C18H20F4N4/c1-10-14(13-6-5-12(8-15(13)19)18(20,21)22)9-24-17(25-10)26-11(2)16-4-3-7-23-16/h5-6,8-9,11,16,23H,3-4,7H2,1-2H3,(H,24,25,26)/t11?,16-/m0/s1. The van der Waals surface area contributed by atoms with Crippen LogP contribution in [0.15, 0.2) is 24.4 Å². The Morgan fingerprint density at radius 2 is 2.04 bits per heavy atom. The maximum atomic E-state index is 14.2. The minimum atomic E-state index is -4.58. The molecular weight excluding hydrogens is 348 g/mol. The van der Waals surface area contributed by atoms with E-state index in [0.29, 0.717) is 29.3 Å². The Morgan fingerprint density at radius 3 is 2.62 bits per heavy atom. The quantitative estimate of drug-likeness (QED) is 0.796. The molecule has 2 N–H and O–H groups in total. The predicted molar refractivity (Wildman–Crippen MR) is 91.3 cm³/mol. The maximum absolute atomic E-state index is 14.2. The van der Waals surface area contributed by atoms with Crippen LogP contribution < -0.4 is 10.6 Å². The minimum Gasteiger partial charge on any atom is -0.350 e. The van der Waals surface area contributed by atoms with Crippen molar-refractivity contribution in [1.29, 1.82) is 0 Å². The molecule has 0 saturated carbocycles. The van der Waals surface area contributed by atoms with Crippen molar-refractivity contribution < 1.29 is 17.6 Å². The van der Waals surface area contributed by atoms with Crippen molar-refractivity contribution in [3.05, 3.63) is 41.5 Å². The first kappa shape index (κ1) is 18.6. The normalized spacial score (nSPS) is 18.8. The summed E-state index contributed by atoms with van der Waals surface area (Å²) in [5.41, 5.74) is -0.109. The zero-order chi connectivity index (χ0) is 18.9. The number of benzene rings is 1. The lowest BCUT2D eigenvalue weighted by Crippen LogP contribution is -2.38. The highest BCUT2D eigenvalue weighted by Gasteiger charge is 2.31. The van der Waals surface area contributed by atoms with Crippen LogP contribution in [0.25, 0.3) is 11.1 Å². The van der Waals surface area contributed by atoms with E-state index in [-0.39, 0.29) is 11.6 Å². The number of alkyl halides is 3. The maximum Gasteiger partial charge on any atom is 0.416 e. The Morgan fingerprint density at radius 1 is 1.27 bits per heavy atom. The molecule has 26 heavy (non-hydrogen) atoms. The summed E-state index contributed by atoms with van der Waals surface area (Å²) in [6.07, 6.45) is -0.945. The van der Waals surface area contributed by atoms with Crippen LogP contribution >= 0.6 is 0 Å². The lowest BCUT2D eigenvalue weighted by atomic mass is 10.0. The molecule has 0 bridgehead atoms. The molecule has 0 aliphatic carbocycles. The molecule has 3 rings (SSSR count). The number of nitrogens with one attached hydrogen (secondary N) is 2. The number of hydrogen-bond donors (Lipinski definition) is 2. The SMILES string of the molecule is Cc1nc(NC(C)[C@@H]2CCCN2)ncc1-c1ccc(C(F)(F)F)cc1F. The van der Waals surface area contributed by atoms with Gasteiger partial charge in [0.15, 0.2) is 0 Å². The van der Waals surface area contributed by atoms with Crippen LogP contribution in [0.4, 0.5) is 23.5 Å². The number of anilines is 1. The van der Waals surface area contributed by atoms with Crippen molar-refractivity contribution in [3.63, 3.8) is 0 Å². The van der Waals surface area contributed by atoms with Gasteiger partial charge in [-0.1, -0.05) is 6.07 Å². The van der Waals surface area contributed by atoms with Crippen molar-refractivity contribution in [3.8, 4) is 11.1 Å². The highest BCUT2D eigenvalue weighted by molar-refractivity contribution is 5.66. The van der Waals surface area contributed by atoms with Gasteiger partial charge < -0.3 is 10.6 Å². The smallest absolute Gasteiger partial charge is 0.350 e. The molecule has 1 unspecified atom stereocenters. The van der Waals surface area contributed by atoms with E-state index in [2.05, 4.69) is 20.6 Å². The van der Waals surface area contributed by atoms with Gasteiger partial charge >= 0.3 is 6.18 Å². The van der Waals surface area contributed by atoms with Gasteiger partial charge in [-0.3, -0.25) is 0 Å². The average molecular weight is 368 g/mol. The van der Waals surface area contributed by atoms with E-state index in [1.807, 2.05) is 6.92 Å². The van der Waals surface area contributed by atoms with Crippen LogP contribution in [0.1, 0.15) is 31.0 Å². The molecule has 140 valence electrons. The van der Waals surface area contributed by atoms with Gasteiger partial charge in [0.1, 0.15) is 5.82 Å². The summed E-state index contributed by atoms with van der Waals surface area (Å²) in [6, 6.07) is 2.94. The molecule has 8 heteroatoms. The fraction of sp³-hybridized carbons (Fsp3) is 0.444. The molecule has 1 aliphatic rings. The number of rotatable bonds is 4. The largest absolute Gasteiger partial charge is 0.416 e. The third kappa shape index (κ3) is 3.95. The molecule has 1 aromatic heterocycles. The van der Waals surface area contributed by atoms with Crippen molar-refractivity contribution in [2.24, 2.45) is 0 Å². The minimum absolute atomic E-state index is 0.0487. The summed E-state index contributed by atoms with van der Waals surface area (Å²) < 4.78 is 52.2. The van der Waals surface area contributed by atoms with E-state index in [1.165, 1.54) is 6.20 Å². The molecular formula is C18H20F4N4. The first-order chi connectivity index (χ1) is 12.3. The van der Waals surface area contributed by atoms with Crippen LogP contribution in [0, 0.1) is 12.7 Å². The second kappa shape index (κ2) is 7.19. The van der Waals surface area contributed by atoms with Gasteiger partial charge in [-0.2, -0.15) is 13.2 Å². The molecule has 0 radical (unpaired) electrons. The monoisotopic (exact) mass is 368 g/mol. The Balaban J connectivity index is 1.81. The van der Waals surface area contributed by atoms with Crippen LogP contribution in [0.5, 0.6) is 0 Å². The molecule has 1 aliphatic heterocycles. The van der Waals surface area contributed by atoms with Crippen molar-refractivity contribution in [2.75, 3.05) is 11.9 Å². The summed E-state index contributed by atoms with van der Waals surface area (Å²) in [5.74, 6) is -0.532. The van der Waals surface area contributed by atoms with Crippen LogP contribution in [0.2, 0.25) is 0 Å². The lowest BCUT2D eigenvalue weighted by Gasteiger charge is -2.21. The third-order valence-electron chi connectivity index (χ3n) is 4.62. The van der Waals surface area contributed by atoms with Crippen molar-refractivity contribution in [1.82, 2.24) is 15.3 Å². The second-order valence-corrected chi connectivity index (χ2v) is 6.52. The number of nitrogens with zero attached hydrogens (tertiary/aromatic N) is 2. The molecule has 2 heterocycles. The highest BCUT2D eigenvalue weighted by atomic mass is 19.4. The van der Waals surface area contributed by atoms with Gasteiger partial charge in [0.05, 0.1) is 11.3 Å². The average Bonchev–Trinajstić information content (AvgIpc) is 3.09. The molecule has 0 amide bonds. The van der Waals surface area contributed by atoms with Gasteiger partial charge in [0.2, 0.25) is 5.95 Å². The zero-order valence-electron chi connectivity index (χ0n) is 14.5. The first-order valence-corrected chi connectivity index (χ1v) is 8.46. The first-order valence-electron chi connectivity index (χ1n) is 8.46. The molecule has 4 nitrogen and oxygen atoms in total. The summed E-state index contributed by atoms with van der Waals surface area (Å²) in [4.78, 5) is 8.53. The fourth-order valence-corrected chi connectivity index (χ4v) is 3.15. The van der Waals surface area contributed by atoms with Gasteiger partial charge in [-0.05, 0) is 45.4 Å². The number of aromatic nitrogens is 2. The zero-order valence-corrected chi connectivity index (χ0v) is 14.5.